The molecule has 0 aromatic rings. The molecule has 2 atom stereocenters. The lowest BCUT2D eigenvalue weighted by molar-refractivity contribution is -0.126. The van der Waals surface area contributed by atoms with E-state index >= 15 is 0 Å². The molecule has 1 rings (SSSR count). The highest BCUT2D eigenvalue weighted by atomic mass is 32.2. The van der Waals surface area contributed by atoms with Gasteiger partial charge in [-0.2, -0.15) is 0 Å². The number of carbonyl (C=O) groups excluding carboxylic acids is 2. The number of aliphatic hydroxyl groups is 1. The Balaban J connectivity index is 2.27. The van der Waals surface area contributed by atoms with Crippen molar-refractivity contribution in [3.63, 3.8) is 0 Å². The lowest BCUT2D eigenvalue weighted by Gasteiger charge is -2.10. The molecule has 1 fully saturated rings. The zero-order valence-electron chi connectivity index (χ0n) is 7.45. The largest absolute Gasteiger partial charge is 0.392 e. The van der Waals surface area contributed by atoms with Crippen molar-refractivity contribution in [1.82, 2.24) is 5.32 Å². The SMILES string of the molecule is C[C@@H](O)CNC(=O)C1CSC(=O)C1. The van der Waals surface area contributed by atoms with Crippen LogP contribution in [0.3, 0.4) is 0 Å². The quantitative estimate of drug-likeness (QED) is 0.664. The summed E-state index contributed by atoms with van der Waals surface area (Å²) in [5.74, 6) is 0.250. The molecule has 5 heteroatoms. The number of rotatable bonds is 3. The summed E-state index contributed by atoms with van der Waals surface area (Å²) in [5.41, 5.74) is 0. The molecular weight excluding hydrogens is 190 g/mol. The fraction of sp³-hybridized carbons (Fsp3) is 0.750. The first-order valence-corrected chi connectivity index (χ1v) is 5.19. The molecule has 1 heterocycles. The average molecular weight is 203 g/mol. The maximum absolute atomic E-state index is 11.3. The average Bonchev–Trinajstić information content (AvgIpc) is 2.47. The predicted octanol–water partition coefficient (Wildman–Crippen LogP) is -0.237. The van der Waals surface area contributed by atoms with E-state index in [1.54, 1.807) is 6.92 Å². The van der Waals surface area contributed by atoms with Crippen LogP contribution in [0, 0.1) is 5.92 Å². The Labute approximate surface area is 81.1 Å². The van der Waals surface area contributed by atoms with E-state index in [2.05, 4.69) is 5.32 Å². The minimum Gasteiger partial charge on any atom is -0.392 e. The van der Waals surface area contributed by atoms with Gasteiger partial charge in [0.25, 0.3) is 0 Å². The molecule has 13 heavy (non-hydrogen) atoms. The van der Waals surface area contributed by atoms with Gasteiger partial charge in [-0.3, -0.25) is 9.59 Å². The van der Waals surface area contributed by atoms with Gasteiger partial charge in [-0.1, -0.05) is 11.8 Å². The van der Waals surface area contributed by atoms with Crippen molar-refractivity contribution in [3.8, 4) is 0 Å². The molecule has 0 saturated carbocycles. The maximum Gasteiger partial charge on any atom is 0.224 e. The summed E-state index contributed by atoms with van der Waals surface area (Å²) in [4.78, 5) is 22.1. The monoisotopic (exact) mass is 203 g/mol. The van der Waals surface area contributed by atoms with Crippen LogP contribution >= 0.6 is 11.8 Å². The lowest BCUT2D eigenvalue weighted by atomic mass is 10.1. The fourth-order valence-corrected chi connectivity index (χ4v) is 2.05. The minimum absolute atomic E-state index is 0.0807. The molecule has 1 aliphatic rings. The van der Waals surface area contributed by atoms with E-state index < -0.39 is 6.10 Å². The summed E-state index contributed by atoms with van der Waals surface area (Å²) >= 11 is 1.21. The van der Waals surface area contributed by atoms with Crippen LogP contribution in [-0.2, 0) is 9.59 Å². The molecule has 0 spiro atoms. The maximum atomic E-state index is 11.3. The smallest absolute Gasteiger partial charge is 0.224 e. The number of thioether (sulfide) groups is 1. The number of aliphatic hydroxyl groups excluding tert-OH is 1. The van der Waals surface area contributed by atoms with Crippen molar-refractivity contribution < 1.29 is 14.7 Å². The van der Waals surface area contributed by atoms with Crippen LogP contribution in [0.2, 0.25) is 0 Å². The van der Waals surface area contributed by atoms with Gasteiger partial charge in [0, 0.05) is 18.7 Å². The molecule has 0 bridgehead atoms. The molecule has 0 aromatic carbocycles. The molecule has 74 valence electrons. The summed E-state index contributed by atoms with van der Waals surface area (Å²) in [5, 5.41) is 11.6. The van der Waals surface area contributed by atoms with E-state index in [9.17, 15) is 9.59 Å². The standard InChI is InChI=1S/C8H13NO3S/c1-5(10)3-9-8(12)6-2-7(11)13-4-6/h5-6,10H,2-4H2,1H3,(H,9,12)/t5-,6?/m1/s1. The molecule has 2 N–H and O–H groups in total. The third-order valence-corrected chi connectivity index (χ3v) is 2.86. The van der Waals surface area contributed by atoms with E-state index in [1.165, 1.54) is 11.8 Å². The number of nitrogens with one attached hydrogen (secondary N) is 1. The van der Waals surface area contributed by atoms with Crippen molar-refractivity contribution in [2.75, 3.05) is 12.3 Å². The van der Waals surface area contributed by atoms with Crippen LogP contribution in [0.4, 0.5) is 0 Å². The topological polar surface area (TPSA) is 66.4 Å². The molecule has 0 radical (unpaired) electrons. The molecule has 1 aliphatic heterocycles. The zero-order valence-corrected chi connectivity index (χ0v) is 8.26. The summed E-state index contributed by atoms with van der Waals surface area (Å²) < 4.78 is 0. The molecule has 1 saturated heterocycles. The van der Waals surface area contributed by atoms with Gasteiger partial charge >= 0.3 is 0 Å². The Hall–Kier alpha value is -0.550. The Morgan fingerprint density at radius 3 is 3.00 bits per heavy atom. The van der Waals surface area contributed by atoms with Crippen LogP contribution < -0.4 is 5.32 Å². The van der Waals surface area contributed by atoms with Gasteiger partial charge < -0.3 is 10.4 Å². The Morgan fingerprint density at radius 2 is 2.54 bits per heavy atom. The van der Waals surface area contributed by atoms with Gasteiger partial charge in [-0.15, -0.1) is 0 Å². The molecule has 1 unspecified atom stereocenters. The van der Waals surface area contributed by atoms with Crippen LogP contribution in [0.15, 0.2) is 0 Å². The third-order valence-electron chi connectivity index (χ3n) is 1.80. The molecule has 0 aromatic heterocycles. The van der Waals surface area contributed by atoms with E-state index in [-0.39, 0.29) is 23.5 Å². The summed E-state index contributed by atoms with van der Waals surface area (Å²) in [7, 11) is 0. The van der Waals surface area contributed by atoms with Crippen molar-refractivity contribution in [2.45, 2.75) is 19.4 Å². The first-order chi connectivity index (χ1) is 6.09. The number of hydrogen-bond donors (Lipinski definition) is 2. The lowest BCUT2D eigenvalue weighted by Crippen LogP contribution is -2.35. The fourth-order valence-electron chi connectivity index (χ4n) is 1.07. The second kappa shape index (κ2) is 4.62. The van der Waals surface area contributed by atoms with E-state index in [4.69, 9.17) is 5.11 Å². The predicted molar refractivity (Wildman–Crippen MR) is 50.3 cm³/mol. The van der Waals surface area contributed by atoms with Crippen molar-refractivity contribution in [2.24, 2.45) is 5.92 Å². The number of carbonyl (C=O) groups is 2. The van der Waals surface area contributed by atoms with Gasteiger partial charge in [0.05, 0.1) is 12.0 Å². The first-order valence-electron chi connectivity index (χ1n) is 4.21. The highest BCUT2D eigenvalue weighted by Crippen LogP contribution is 2.25. The second-order valence-electron chi connectivity index (χ2n) is 3.18. The summed E-state index contributed by atoms with van der Waals surface area (Å²) in [6.45, 7) is 1.86. The minimum atomic E-state index is -0.534. The Bertz CT molecular complexity index is 217. The first kappa shape index (κ1) is 10.5. The number of amides is 1. The summed E-state index contributed by atoms with van der Waals surface area (Å²) in [6.07, 6.45) is -0.204. The van der Waals surface area contributed by atoms with Crippen LogP contribution in [0.1, 0.15) is 13.3 Å². The third kappa shape index (κ3) is 3.36. The molecular formula is C8H13NO3S. The number of hydrogen-bond acceptors (Lipinski definition) is 4. The highest BCUT2D eigenvalue weighted by Gasteiger charge is 2.28. The van der Waals surface area contributed by atoms with Gasteiger partial charge in [-0.05, 0) is 6.92 Å². The van der Waals surface area contributed by atoms with Crippen molar-refractivity contribution >= 4 is 22.8 Å². The Morgan fingerprint density at radius 1 is 1.85 bits per heavy atom. The second-order valence-corrected chi connectivity index (χ2v) is 4.26. The van der Waals surface area contributed by atoms with Gasteiger partial charge in [0.15, 0.2) is 5.12 Å². The van der Waals surface area contributed by atoms with Crippen LogP contribution in [0.5, 0.6) is 0 Å². The van der Waals surface area contributed by atoms with E-state index in [0.717, 1.165) is 0 Å². The molecule has 0 aliphatic carbocycles. The van der Waals surface area contributed by atoms with Gasteiger partial charge in [-0.25, -0.2) is 0 Å². The zero-order chi connectivity index (χ0) is 9.84. The van der Waals surface area contributed by atoms with Crippen LogP contribution in [-0.4, -0.2) is 34.5 Å². The van der Waals surface area contributed by atoms with E-state index in [1.807, 2.05) is 0 Å². The highest BCUT2D eigenvalue weighted by molar-refractivity contribution is 8.14. The normalized spacial score (nSPS) is 24.5. The van der Waals surface area contributed by atoms with E-state index in [0.29, 0.717) is 12.2 Å². The Kier molecular flexibility index (Phi) is 3.74. The van der Waals surface area contributed by atoms with Crippen molar-refractivity contribution in [1.29, 1.82) is 0 Å². The molecule has 4 nitrogen and oxygen atoms in total. The van der Waals surface area contributed by atoms with Crippen LogP contribution in [0.25, 0.3) is 0 Å². The van der Waals surface area contributed by atoms with Gasteiger partial charge in [0.1, 0.15) is 0 Å². The van der Waals surface area contributed by atoms with Gasteiger partial charge in [0.2, 0.25) is 5.91 Å². The molecule has 1 amide bonds. The summed E-state index contributed by atoms with van der Waals surface area (Å²) in [6, 6.07) is 0. The van der Waals surface area contributed by atoms with Crippen molar-refractivity contribution in [3.05, 3.63) is 0 Å².